The largest absolute Gasteiger partial charge is 0.465 e. The number of furan rings is 1. The molecule has 0 saturated carbocycles. The van der Waals surface area contributed by atoms with Crippen LogP contribution in [0.5, 0.6) is 0 Å². The Morgan fingerprint density at radius 3 is 2.76 bits per heavy atom. The van der Waals surface area contributed by atoms with Crippen LogP contribution in [0.4, 0.5) is 0 Å². The van der Waals surface area contributed by atoms with Crippen molar-refractivity contribution in [2.75, 3.05) is 40.3 Å². The van der Waals surface area contributed by atoms with Gasteiger partial charge in [-0.25, -0.2) is 0 Å². The Balaban J connectivity index is 1.80. The van der Waals surface area contributed by atoms with E-state index in [0.29, 0.717) is 0 Å². The summed E-state index contributed by atoms with van der Waals surface area (Å²) in [5.74, 6) is 2.98. The first kappa shape index (κ1) is 16.5. The molecule has 0 bridgehead atoms. The monoisotopic (exact) mass is 293 g/mol. The molecule has 2 heterocycles. The lowest BCUT2D eigenvalue weighted by molar-refractivity contribution is 0.168. The lowest BCUT2D eigenvalue weighted by Gasteiger charge is -2.31. The Kier molecular flexibility index (Phi) is 6.27. The van der Waals surface area contributed by atoms with Gasteiger partial charge in [-0.05, 0) is 65.5 Å². The van der Waals surface area contributed by atoms with Crippen LogP contribution >= 0.6 is 0 Å². The summed E-state index contributed by atoms with van der Waals surface area (Å²) >= 11 is 0. The van der Waals surface area contributed by atoms with Gasteiger partial charge in [-0.15, -0.1) is 0 Å². The molecule has 0 atom stereocenters. The molecule has 1 aliphatic heterocycles. The fourth-order valence-electron chi connectivity index (χ4n) is 3.12. The van der Waals surface area contributed by atoms with Crippen molar-refractivity contribution in [3.8, 4) is 0 Å². The molecule has 1 aromatic rings. The van der Waals surface area contributed by atoms with Crippen LogP contribution in [0.3, 0.4) is 0 Å². The zero-order valence-electron chi connectivity index (χ0n) is 14.1. The molecular weight excluding hydrogens is 262 g/mol. The number of aryl methyl sites for hydroxylation is 1. The van der Waals surface area contributed by atoms with Gasteiger partial charge in [0.05, 0.1) is 6.54 Å². The summed E-state index contributed by atoms with van der Waals surface area (Å²) in [7, 11) is 4.43. The van der Waals surface area contributed by atoms with Crippen LogP contribution in [-0.2, 0) is 13.1 Å². The van der Waals surface area contributed by atoms with Crippen molar-refractivity contribution in [2.45, 2.75) is 39.8 Å². The Labute approximate surface area is 129 Å². The third-order valence-electron chi connectivity index (χ3n) is 4.47. The summed E-state index contributed by atoms with van der Waals surface area (Å²) in [6.07, 6.45) is 2.65. The smallest absolute Gasteiger partial charge is 0.118 e. The van der Waals surface area contributed by atoms with Crippen molar-refractivity contribution >= 4 is 0 Å². The maximum Gasteiger partial charge on any atom is 0.118 e. The average Bonchev–Trinajstić information content (AvgIpc) is 2.79. The van der Waals surface area contributed by atoms with Crippen molar-refractivity contribution in [2.24, 2.45) is 5.92 Å². The number of likely N-dealkylation sites (tertiary alicyclic amines) is 1. The molecule has 4 nitrogen and oxygen atoms in total. The van der Waals surface area contributed by atoms with Gasteiger partial charge in [0.15, 0.2) is 0 Å². The number of hydrogen-bond donors (Lipinski definition) is 1. The summed E-state index contributed by atoms with van der Waals surface area (Å²) in [5.41, 5.74) is 1.29. The van der Waals surface area contributed by atoms with Crippen LogP contribution in [0.2, 0.25) is 0 Å². The lowest BCUT2D eigenvalue weighted by atomic mass is 9.97. The molecular formula is C17H31N3O. The van der Waals surface area contributed by atoms with Crippen molar-refractivity contribution in [1.29, 1.82) is 0 Å². The van der Waals surface area contributed by atoms with Gasteiger partial charge < -0.3 is 14.6 Å². The molecule has 2 rings (SSSR count). The summed E-state index contributed by atoms with van der Waals surface area (Å²) in [6.45, 7) is 10.7. The first-order valence-electron chi connectivity index (χ1n) is 8.24. The molecule has 1 N–H and O–H groups in total. The third kappa shape index (κ3) is 5.13. The van der Waals surface area contributed by atoms with Gasteiger partial charge in [0.2, 0.25) is 0 Å². The highest BCUT2D eigenvalue weighted by atomic mass is 16.3. The van der Waals surface area contributed by atoms with E-state index in [1.54, 1.807) is 0 Å². The number of piperidine rings is 1. The minimum Gasteiger partial charge on any atom is -0.465 e. The van der Waals surface area contributed by atoms with Gasteiger partial charge in [-0.3, -0.25) is 4.90 Å². The van der Waals surface area contributed by atoms with E-state index in [0.717, 1.165) is 37.1 Å². The van der Waals surface area contributed by atoms with E-state index < -0.39 is 0 Å². The van der Waals surface area contributed by atoms with E-state index >= 15 is 0 Å². The van der Waals surface area contributed by atoms with E-state index in [-0.39, 0.29) is 0 Å². The number of nitrogens with zero attached hydrogens (tertiary/aromatic N) is 2. The molecule has 21 heavy (non-hydrogen) atoms. The van der Waals surface area contributed by atoms with E-state index in [4.69, 9.17) is 4.42 Å². The zero-order valence-corrected chi connectivity index (χ0v) is 14.1. The van der Waals surface area contributed by atoms with Crippen LogP contribution in [-0.4, -0.2) is 50.1 Å². The highest BCUT2D eigenvalue weighted by molar-refractivity contribution is 5.20. The molecule has 0 amide bonds. The van der Waals surface area contributed by atoms with Gasteiger partial charge in [0, 0.05) is 18.7 Å². The van der Waals surface area contributed by atoms with Crippen LogP contribution in [0.15, 0.2) is 10.5 Å². The average molecular weight is 293 g/mol. The highest BCUT2D eigenvalue weighted by Gasteiger charge is 2.19. The van der Waals surface area contributed by atoms with Crippen molar-refractivity contribution in [1.82, 2.24) is 15.1 Å². The molecule has 4 heteroatoms. The SMILES string of the molecule is CCNCc1cc(CN(C)CC2CCN(C)CC2)oc1C. The van der Waals surface area contributed by atoms with Crippen molar-refractivity contribution < 1.29 is 4.42 Å². The maximum atomic E-state index is 5.90. The summed E-state index contributed by atoms with van der Waals surface area (Å²) < 4.78 is 5.90. The second-order valence-electron chi connectivity index (χ2n) is 6.52. The highest BCUT2D eigenvalue weighted by Crippen LogP contribution is 2.19. The summed E-state index contributed by atoms with van der Waals surface area (Å²) in [6, 6.07) is 2.21. The molecule has 120 valence electrons. The second-order valence-corrected chi connectivity index (χ2v) is 6.52. The lowest BCUT2D eigenvalue weighted by Crippen LogP contribution is -2.35. The van der Waals surface area contributed by atoms with Crippen molar-refractivity contribution in [3.05, 3.63) is 23.2 Å². The van der Waals surface area contributed by atoms with Crippen molar-refractivity contribution in [3.63, 3.8) is 0 Å². The fourth-order valence-corrected chi connectivity index (χ4v) is 3.12. The summed E-state index contributed by atoms with van der Waals surface area (Å²) in [5, 5.41) is 3.36. The molecule has 1 fully saturated rings. The molecule has 0 radical (unpaired) electrons. The Morgan fingerprint density at radius 1 is 1.38 bits per heavy atom. The third-order valence-corrected chi connectivity index (χ3v) is 4.47. The molecule has 1 aliphatic rings. The molecule has 1 saturated heterocycles. The topological polar surface area (TPSA) is 31.6 Å². The molecule has 0 unspecified atom stereocenters. The minimum absolute atomic E-state index is 0.837. The minimum atomic E-state index is 0.837. The molecule has 0 aliphatic carbocycles. The van der Waals surface area contributed by atoms with Crippen LogP contribution in [0.1, 0.15) is 36.8 Å². The quantitative estimate of drug-likeness (QED) is 0.837. The Morgan fingerprint density at radius 2 is 2.10 bits per heavy atom. The maximum absolute atomic E-state index is 5.90. The predicted molar refractivity (Wildman–Crippen MR) is 87.4 cm³/mol. The predicted octanol–water partition coefficient (Wildman–Crippen LogP) is 2.47. The van der Waals surface area contributed by atoms with Gasteiger partial charge in [-0.2, -0.15) is 0 Å². The first-order valence-corrected chi connectivity index (χ1v) is 8.24. The zero-order chi connectivity index (χ0) is 15.2. The first-order chi connectivity index (χ1) is 10.1. The van der Waals surface area contributed by atoms with E-state index in [1.165, 1.54) is 38.0 Å². The van der Waals surface area contributed by atoms with Gasteiger partial charge in [0.25, 0.3) is 0 Å². The van der Waals surface area contributed by atoms with Crippen LogP contribution in [0, 0.1) is 12.8 Å². The van der Waals surface area contributed by atoms with Gasteiger partial charge in [-0.1, -0.05) is 6.92 Å². The molecule has 0 aromatic carbocycles. The Hall–Kier alpha value is -0.840. The molecule has 0 spiro atoms. The number of rotatable bonds is 7. The van der Waals surface area contributed by atoms with E-state index in [1.807, 2.05) is 0 Å². The Bertz CT molecular complexity index is 422. The standard InChI is InChI=1S/C17H31N3O/c1-5-18-11-16-10-17(21-14(16)2)13-20(4)12-15-6-8-19(3)9-7-15/h10,15,18H,5-9,11-13H2,1-4H3. The van der Waals surface area contributed by atoms with E-state index in [2.05, 4.69) is 49.1 Å². The van der Waals surface area contributed by atoms with Crippen LogP contribution < -0.4 is 5.32 Å². The second kappa shape index (κ2) is 7.97. The molecule has 1 aromatic heterocycles. The van der Waals surface area contributed by atoms with Gasteiger partial charge in [0.1, 0.15) is 11.5 Å². The van der Waals surface area contributed by atoms with E-state index in [9.17, 15) is 0 Å². The number of nitrogens with one attached hydrogen (secondary N) is 1. The van der Waals surface area contributed by atoms with Crippen LogP contribution in [0.25, 0.3) is 0 Å². The summed E-state index contributed by atoms with van der Waals surface area (Å²) in [4.78, 5) is 4.84. The fraction of sp³-hybridized carbons (Fsp3) is 0.765. The van der Waals surface area contributed by atoms with Gasteiger partial charge >= 0.3 is 0 Å². The normalized spacial score (nSPS) is 17.8. The number of hydrogen-bond acceptors (Lipinski definition) is 4.